The number of benzene rings is 1. The Hall–Kier alpha value is -0.910. The van der Waals surface area contributed by atoms with Crippen LogP contribution < -0.4 is 5.32 Å². The van der Waals surface area contributed by atoms with Gasteiger partial charge in [0.1, 0.15) is 5.82 Å². The maximum Gasteiger partial charge on any atom is 0.258 e. The predicted octanol–water partition coefficient (Wildman–Crippen LogP) is 4.82. The van der Waals surface area contributed by atoms with E-state index in [0.717, 1.165) is 14.5 Å². The van der Waals surface area contributed by atoms with Crippen LogP contribution in [0.4, 0.5) is 5.82 Å². The topological polar surface area (TPSA) is 42.0 Å². The number of nitrogens with one attached hydrogen (secondary N) is 1. The largest absolute Gasteiger partial charge is 0.307 e. The first-order chi connectivity index (χ1) is 8.97. The summed E-state index contributed by atoms with van der Waals surface area (Å²) in [6, 6.07) is 6.90. The highest BCUT2D eigenvalue weighted by molar-refractivity contribution is 9.10. The number of hydrogen-bond acceptors (Lipinski definition) is 2. The predicted molar refractivity (Wildman–Crippen MR) is 83.8 cm³/mol. The molecule has 3 nitrogen and oxygen atoms in total. The van der Waals surface area contributed by atoms with Crippen molar-refractivity contribution in [3.8, 4) is 0 Å². The van der Waals surface area contributed by atoms with Crippen LogP contribution >= 0.6 is 43.5 Å². The van der Waals surface area contributed by atoms with E-state index < -0.39 is 0 Å². The van der Waals surface area contributed by atoms with Gasteiger partial charge in [0, 0.05) is 15.1 Å². The fourth-order valence-electron chi connectivity index (χ4n) is 1.46. The minimum Gasteiger partial charge on any atom is -0.307 e. The summed E-state index contributed by atoms with van der Waals surface area (Å²) in [5.74, 6) is 0.197. The van der Waals surface area contributed by atoms with Crippen LogP contribution in [0.1, 0.15) is 15.9 Å². The van der Waals surface area contributed by atoms with Crippen LogP contribution in [0, 0.1) is 6.92 Å². The molecule has 0 aliphatic heterocycles. The minimum atomic E-state index is -0.291. The van der Waals surface area contributed by atoms with Gasteiger partial charge in [-0.25, -0.2) is 4.98 Å². The molecule has 0 radical (unpaired) electrons. The zero-order valence-electron chi connectivity index (χ0n) is 9.88. The zero-order valence-corrected chi connectivity index (χ0v) is 13.8. The van der Waals surface area contributed by atoms with Crippen molar-refractivity contribution in [1.82, 2.24) is 4.98 Å². The van der Waals surface area contributed by atoms with E-state index in [2.05, 4.69) is 42.2 Å². The number of nitrogens with zero attached hydrogens (tertiary/aromatic N) is 1. The Morgan fingerprint density at radius 3 is 2.74 bits per heavy atom. The molecule has 0 spiro atoms. The van der Waals surface area contributed by atoms with Crippen LogP contribution in [0.2, 0.25) is 5.02 Å². The third-order valence-corrected chi connectivity index (χ3v) is 4.11. The normalized spacial score (nSPS) is 10.3. The van der Waals surface area contributed by atoms with Crippen LogP contribution in [0.25, 0.3) is 0 Å². The molecule has 0 fully saturated rings. The molecular weight excluding hydrogens is 395 g/mol. The number of carbonyl (C=O) groups is 1. The lowest BCUT2D eigenvalue weighted by Crippen LogP contribution is -2.13. The van der Waals surface area contributed by atoms with Crippen molar-refractivity contribution in [3.05, 3.63) is 55.6 Å². The smallest absolute Gasteiger partial charge is 0.258 e. The van der Waals surface area contributed by atoms with Gasteiger partial charge >= 0.3 is 0 Å². The van der Waals surface area contributed by atoms with Gasteiger partial charge in [-0.15, -0.1) is 0 Å². The van der Waals surface area contributed by atoms with Crippen molar-refractivity contribution < 1.29 is 4.79 Å². The second kappa shape index (κ2) is 6.03. The zero-order chi connectivity index (χ0) is 14.0. The highest BCUT2D eigenvalue weighted by Crippen LogP contribution is 2.23. The molecule has 1 aromatic carbocycles. The van der Waals surface area contributed by atoms with Crippen LogP contribution in [-0.2, 0) is 0 Å². The van der Waals surface area contributed by atoms with E-state index in [0.29, 0.717) is 16.4 Å². The number of amides is 1. The van der Waals surface area contributed by atoms with E-state index in [1.807, 2.05) is 6.92 Å². The third-order valence-electron chi connectivity index (χ3n) is 2.46. The first kappa shape index (κ1) is 14.5. The Bertz CT molecular complexity index is 647. The number of hydrogen-bond donors (Lipinski definition) is 1. The van der Waals surface area contributed by atoms with Gasteiger partial charge in [-0.05, 0) is 52.7 Å². The molecule has 0 unspecified atom stereocenters. The number of rotatable bonds is 2. The summed E-state index contributed by atoms with van der Waals surface area (Å²) in [6.07, 6.45) is 1.65. The average Bonchev–Trinajstić information content (AvgIpc) is 2.36. The van der Waals surface area contributed by atoms with Crippen molar-refractivity contribution in [2.24, 2.45) is 0 Å². The summed E-state index contributed by atoms with van der Waals surface area (Å²) in [7, 11) is 0. The molecule has 2 aromatic rings. The fourth-order valence-corrected chi connectivity index (χ4v) is 2.24. The Labute approximate surface area is 132 Å². The second-order valence-electron chi connectivity index (χ2n) is 3.90. The molecule has 6 heteroatoms. The number of halogens is 3. The Balaban J connectivity index is 2.25. The third kappa shape index (κ3) is 3.55. The molecule has 0 saturated heterocycles. The van der Waals surface area contributed by atoms with E-state index >= 15 is 0 Å². The quantitative estimate of drug-likeness (QED) is 0.780. The fraction of sp³-hybridized carbons (Fsp3) is 0.0769. The van der Waals surface area contributed by atoms with E-state index in [1.165, 1.54) is 0 Å². The lowest BCUT2D eigenvalue weighted by atomic mass is 10.2. The van der Waals surface area contributed by atoms with Gasteiger partial charge in [-0.2, -0.15) is 0 Å². The van der Waals surface area contributed by atoms with Gasteiger partial charge in [0.25, 0.3) is 5.91 Å². The molecule has 0 bridgehead atoms. The van der Waals surface area contributed by atoms with Gasteiger partial charge in [0.05, 0.1) is 10.6 Å². The van der Waals surface area contributed by atoms with Gasteiger partial charge in [-0.1, -0.05) is 27.5 Å². The number of carbonyl (C=O) groups excluding carboxylic acids is 1. The number of aryl methyl sites for hydroxylation is 1. The molecular formula is C13H9Br2ClN2O. The monoisotopic (exact) mass is 402 g/mol. The standard InChI is InChI=1S/C13H9Br2ClN2O/c1-7-4-12(17-6-10(7)15)18-13(19)9-5-8(14)2-3-11(9)16/h2-6H,1H3,(H,17,18,19). The van der Waals surface area contributed by atoms with Crippen LogP contribution in [0.5, 0.6) is 0 Å². The number of pyridine rings is 1. The van der Waals surface area contributed by atoms with Gasteiger partial charge in [0.2, 0.25) is 0 Å². The summed E-state index contributed by atoms with van der Waals surface area (Å²) in [5.41, 5.74) is 1.39. The summed E-state index contributed by atoms with van der Waals surface area (Å²) >= 11 is 12.7. The molecule has 19 heavy (non-hydrogen) atoms. The summed E-state index contributed by atoms with van der Waals surface area (Å²) in [5, 5.41) is 3.12. The summed E-state index contributed by atoms with van der Waals surface area (Å²) < 4.78 is 1.69. The van der Waals surface area contributed by atoms with Crippen molar-refractivity contribution in [2.75, 3.05) is 5.32 Å². The highest BCUT2D eigenvalue weighted by atomic mass is 79.9. The van der Waals surface area contributed by atoms with E-state index in [9.17, 15) is 4.79 Å². The average molecular weight is 404 g/mol. The van der Waals surface area contributed by atoms with Crippen molar-refractivity contribution >= 4 is 55.2 Å². The van der Waals surface area contributed by atoms with E-state index in [1.54, 1.807) is 30.5 Å². The van der Waals surface area contributed by atoms with Crippen LogP contribution in [0.15, 0.2) is 39.4 Å². The molecule has 1 aromatic heterocycles. The Morgan fingerprint density at radius 2 is 2.05 bits per heavy atom. The molecule has 0 aliphatic rings. The molecule has 1 amide bonds. The van der Waals surface area contributed by atoms with E-state index in [-0.39, 0.29) is 5.91 Å². The molecule has 0 atom stereocenters. The highest BCUT2D eigenvalue weighted by Gasteiger charge is 2.12. The number of aromatic nitrogens is 1. The minimum absolute atomic E-state index is 0.291. The Kier molecular flexibility index (Phi) is 4.60. The van der Waals surface area contributed by atoms with Gasteiger partial charge < -0.3 is 5.32 Å². The molecule has 98 valence electrons. The molecule has 1 N–H and O–H groups in total. The number of anilines is 1. The van der Waals surface area contributed by atoms with Crippen molar-refractivity contribution in [2.45, 2.75) is 6.92 Å². The summed E-state index contributed by atoms with van der Waals surface area (Å²) in [4.78, 5) is 16.2. The van der Waals surface area contributed by atoms with Crippen molar-refractivity contribution in [1.29, 1.82) is 0 Å². The van der Waals surface area contributed by atoms with Crippen LogP contribution in [0.3, 0.4) is 0 Å². The van der Waals surface area contributed by atoms with E-state index in [4.69, 9.17) is 11.6 Å². The second-order valence-corrected chi connectivity index (χ2v) is 6.07. The van der Waals surface area contributed by atoms with Gasteiger partial charge in [0.15, 0.2) is 0 Å². The first-order valence-corrected chi connectivity index (χ1v) is 7.32. The first-order valence-electron chi connectivity index (χ1n) is 5.36. The molecule has 1 heterocycles. The lowest BCUT2D eigenvalue weighted by Gasteiger charge is -2.07. The SMILES string of the molecule is Cc1cc(NC(=O)c2cc(Br)ccc2Cl)ncc1Br. The molecule has 2 rings (SSSR count). The van der Waals surface area contributed by atoms with Crippen LogP contribution in [-0.4, -0.2) is 10.9 Å². The van der Waals surface area contributed by atoms with Crippen molar-refractivity contribution in [3.63, 3.8) is 0 Å². The molecule has 0 aliphatic carbocycles. The Morgan fingerprint density at radius 1 is 1.32 bits per heavy atom. The summed E-state index contributed by atoms with van der Waals surface area (Å²) in [6.45, 7) is 1.92. The maximum atomic E-state index is 12.1. The molecule has 0 saturated carbocycles. The lowest BCUT2D eigenvalue weighted by molar-refractivity contribution is 0.102. The van der Waals surface area contributed by atoms with Gasteiger partial charge in [-0.3, -0.25) is 4.79 Å². The maximum absolute atomic E-state index is 12.1.